The Labute approximate surface area is 113 Å². The average Bonchev–Trinajstić information content (AvgIpc) is 2.75. The van der Waals surface area contributed by atoms with Gasteiger partial charge in [-0.1, -0.05) is 19.0 Å². The average molecular weight is 288 g/mol. The first-order chi connectivity index (χ1) is 8.92. The van der Waals surface area contributed by atoms with Crippen LogP contribution < -0.4 is 5.32 Å². The summed E-state index contributed by atoms with van der Waals surface area (Å²) in [7, 11) is -3.03. The van der Waals surface area contributed by atoms with Gasteiger partial charge in [0, 0.05) is 31.5 Å². The summed E-state index contributed by atoms with van der Waals surface area (Å²) in [5.41, 5.74) is 0. The second-order valence-corrected chi connectivity index (χ2v) is 7.33. The van der Waals surface area contributed by atoms with Gasteiger partial charge in [-0.2, -0.15) is 4.98 Å². The van der Waals surface area contributed by atoms with Crippen molar-refractivity contribution in [3.63, 3.8) is 0 Å². The van der Waals surface area contributed by atoms with Crippen LogP contribution in [-0.4, -0.2) is 48.3 Å². The lowest BCUT2D eigenvalue weighted by Gasteiger charge is -2.37. The van der Waals surface area contributed by atoms with Gasteiger partial charge in [-0.15, -0.1) is 0 Å². The summed E-state index contributed by atoms with van der Waals surface area (Å²) in [4.78, 5) is 4.20. The van der Waals surface area contributed by atoms with E-state index in [4.69, 9.17) is 4.52 Å². The SMILES string of the molecule is CCS(=O)(=O)N1CC(CNc2nc(C(C)C)no2)C1. The van der Waals surface area contributed by atoms with Gasteiger partial charge < -0.3 is 9.84 Å². The number of nitrogens with zero attached hydrogens (tertiary/aromatic N) is 3. The van der Waals surface area contributed by atoms with Crippen LogP contribution in [0.25, 0.3) is 0 Å². The van der Waals surface area contributed by atoms with Crippen LogP contribution >= 0.6 is 0 Å². The van der Waals surface area contributed by atoms with Crippen LogP contribution in [0.15, 0.2) is 4.52 Å². The smallest absolute Gasteiger partial charge is 0.321 e. The molecule has 2 rings (SSSR count). The highest BCUT2D eigenvalue weighted by molar-refractivity contribution is 7.89. The van der Waals surface area contributed by atoms with Gasteiger partial charge in [0.25, 0.3) is 0 Å². The van der Waals surface area contributed by atoms with Crippen molar-refractivity contribution in [1.82, 2.24) is 14.4 Å². The third-order valence-electron chi connectivity index (χ3n) is 3.18. The second-order valence-electron chi connectivity index (χ2n) is 5.08. The zero-order valence-corrected chi connectivity index (χ0v) is 12.3. The highest BCUT2D eigenvalue weighted by atomic mass is 32.2. The largest absolute Gasteiger partial charge is 0.337 e. The number of aromatic nitrogens is 2. The fourth-order valence-electron chi connectivity index (χ4n) is 1.83. The normalized spacial score (nSPS) is 17.7. The Morgan fingerprint density at radius 1 is 1.47 bits per heavy atom. The summed E-state index contributed by atoms with van der Waals surface area (Å²) in [6, 6.07) is 0.403. The monoisotopic (exact) mass is 288 g/mol. The molecule has 0 amide bonds. The molecule has 1 saturated heterocycles. The van der Waals surface area contributed by atoms with Gasteiger partial charge in [-0.3, -0.25) is 0 Å². The first-order valence-electron chi connectivity index (χ1n) is 6.47. The van der Waals surface area contributed by atoms with E-state index in [2.05, 4.69) is 15.5 Å². The molecule has 0 atom stereocenters. The minimum absolute atomic E-state index is 0.161. The van der Waals surface area contributed by atoms with Gasteiger partial charge in [-0.05, 0) is 6.92 Å². The van der Waals surface area contributed by atoms with E-state index < -0.39 is 10.0 Å². The molecule has 0 radical (unpaired) electrons. The van der Waals surface area contributed by atoms with E-state index in [0.29, 0.717) is 37.4 Å². The summed E-state index contributed by atoms with van der Waals surface area (Å²) >= 11 is 0. The van der Waals surface area contributed by atoms with Crippen molar-refractivity contribution in [1.29, 1.82) is 0 Å². The Morgan fingerprint density at radius 3 is 2.68 bits per heavy atom. The van der Waals surface area contributed by atoms with Crippen molar-refractivity contribution >= 4 is 16.0 Å². The molecule has 0 aliphatic carbocycles. The molecule has 1 aromatic rings. The van der Waals surface area contributed by atoms with Crippen LogP contribution in [0.1, 0.15) is 32.5 Å². The lowest BCUT2D eigenvalue weighted by Crippen LogP contribution is -2.52. The predicted molar refractivity (Wildman–Crippen MR) is 71.4 cm³/mol. The quantitative estimate of drug-likeness (QED) is 0.836. The molecule has 0 saturated carbocycles. The summed E-state index contributed by atoms with van der Waals surface area (Å²) < 4.78 is 29.7. The molecular weight excluding hydrogens is 268 g/mol. The van der Waals surface area contributed by atoms with Crippen LogP contribution in [0.3, 0.4) is 0 Å². The molecular formula is C11H20N4O3S. The van der Waals surface area contributed by atoms with E-state index in [9.17, 15) is 8.42 Å². The Kier molecular flexibility index (Phi) is 4.10. The van der Waals surface area contributed by atoms with Gasteiger partial charge in [0.2, 0.25) is 10.0 Å². The molecule has 0 bridgehead atoms. The maximum absolute atomic E-state index is 11.5. The Bertz CT molecular complexity index is 520. The van der Waals surface area contributed by atoms with Gasteiger partial charge in [0.15, 0.2) is 5.82 Å². The molecule has 0 aromatic carbocycles. The first kappa shape index (κ1) is 14.3. The van der Waals surface area contributed by atoms with Crippen LogP contribution in [0.4, 0.5) is 6.01 Å². The van der Waals surface area contributed by atoms with E-state index in [1.807, 2.05) is 13.8 Å². The third kappa shape index (κ3) is 3.24. The van der Waals surface area contributed by atoms with Gasteiger partial charge in [-0.25, -0.2) is 12.7 Å². The van der Waals surface area contributed by atoms with E-state index in [0.717, 1.165) is 0 Å². The fraction of sp³-hybridized carbons (Fsp3) is 0.818. The molecule has 19 heavy (non-hydrogen) atoms. The summed E-state index contributed by atoms with van der Waals surface area (Å²) in [5, 5.41) is 6.90. The zero-order chi connectivity index (χ0) is 14.0. The lowest BCUT2D eigenvalue weighted by atomic mass is 10.0. The molecule has 1 aliphatic rings. The molecule has 1 aliphatic heterocycles. The van der Waals surface area contributed by atoms with E-state index >= 15 is 0 Å². The molecule has 1 aromatic heterocycles. The molecule has 0 unspecified atom stereocenters. The molecule has 0 spiro atoms. The number of sulfonamides is 1. The van der Waals surface area contributed by atoms with Crippen molar-refractivity contribution in [2.75, 3.05) is 30.7 Å². The summed E-state index contributed by atoms with van der Waals surface area (Å²) in [6.07, 6.45) is 0. The number of hydrogen-bond acceptors (Lipinski definition) is 6. The molecule has 7 nitrogen and oxygen atoms in total. The fourth-order valence-corrected chi connectivity index (χ4v) is 3.08. The van der Waals surface area contributed by atoms with E-state index in [-0.39, 0.29) is 11.7 Å². The first-order valence-corrected chi connectivity index (χ1v) is 8.08. The minimum atomic E-state index is -3.03. The summed E-state index contributed by atoms with van der Waals surface area (Å²) in [6.45, 7) is 7.42. The highest BCUT2D eigenvalue weighted by Crippen LogP contribution is 2.20. The predicted octanol–water partition coefficient (Wildman–Crippen LogP) is 0.886. The molecule has 1 fully saturated rings. The summed E-state index contributed by atoms with van der Waals surface area (Å²) in [5.74, 6) is 1.37. The number of hydrogen-bond donors (Lipinski definition) is 1. The van der Waals surface area contributed by atoms with Crippen molar-refractivity contribution in [3.05, 3.63) is 5.82 Å². The van der Waals surface area contributed by atoms with Crippen molar-refractivity contribution in [2.45, 2.75) is 26.7 Å². The molecule has 2 heterocycles. The standard InChI is InChI=1S/C11H20N4O3S/c1-4-19(16,17)15-6-9(7-15)5-12-11-13-10(8(2)3)14-18-11/h8-9H,4-7H2,1-3H3,(H,12,13,14). The lowest BCUT2D eigenvalue weighted by molar-refractivity contribution is 0.211. The number of anilines is 1. The third-order valence-corrected chi connectivity index (χ3v) is 5.00. The molecule has 8 heteroatoms. The van der Waals surface area contributed by atoms with Crippen molar-refractivity contribution < 1.29 is 12.9 Å². The van der Waals surface area contributed by atoms with Gasteiger partial charge in [0.05, 0.1) is 5.75 Å². The van der Waals surface area contributed by atoms with Crippen LogP contribution in [0.2, 0.25) is 0 Å². The Hall–Kier alpha value is -1.15. The van der Waals surface area contributed by atoms with Gasteiger partial charge in [0.1, 0.15) is 0 Å². The number of nitrogens with one attached hydrogen (secondary N) is 1. The molecule has 1 N–H and O–H groups in total. The maximum Gasteiger partial charge on any atom is 0.321 e. The Morgan fingerprint density at radius 2 is 2.16 bits per heavy atom. The van der Waals surface area contributed by atoms with E-state index in [1.165, 1.54) is 4.31 Å². The Balaban J connectivity index is 1.76. The zero-order valence-electron chi connectivity index (χ0n) is 11.5. The van der Waals surface area contributed by atoms with Crippen molar-refractivity contribution in [3.8, 4) is 0 Å². The van der Waals surface area contributed by atoms with Crippen LogP contribution in [0, 0.1) is 5.92 Å². The van der Waals surface area contributed by atoms with Crippen LogP contribution in [0.5, 0.6) is 0 Å². The minimum Gasteiger partial charge on any atom is -0.337 e. The topological polar surface area (TPSA) is 88.3 Å². The molecule has 108 valence electrons. The highest BCUT2D eigenvalue weighted by Gasteiger charge is 2.34. The van der Waals surface area contributed by atoms with Crippen molar-refractivity contribution in [2.24, 2.45) is 5.92 Å². The van der Waals surface area contributed by atoms with Crippen LogP contribution in [-0.2, 0) is 10.0 Å². The number of rotatable bonds is 6. The second kappa shape index (κ2) is 5.46. The maximum atomic E-state index is 11.5. The van der Waals surface area contributed by atoms with E-state index in [1.54, 1.807) is 6.92 Å². The van der Waals surface area contributed by atoms with Gasteiger partial charge >= 0.3 is 6.01 Å².